The molecule has 88 valence electrons. The maximum Gasteiger partial charge on any atom is 0.186 e. The van der Waals surface area contributed by atoms with E-state index in [4.69, 9.17) is 0 Å². The Bertz CT molecular complexity index is 366. The van der Waals surface area contributed by atoms with Crippen molar-refractivity contribution in [2.45, 2.75) is 38.6 Å². The molecule has 1 saturated carbocycles. The lowest BCUT2D eigenvalue weighted by Gasteiger charge is -2.22. The molecule has 0 N–H and O–H groups in total. The Balaban J connectivity index is 1.91. The molecule has 1 aliphatic rings. The number of likely N-dealkylation sites (N-methyl/N-ethyl adjacent to an activating group) is 1. The van der Waals surface area contributed by atoms with Crippen molar-refractivity contribution in [3.63, 3.8) is 0 Å². The van der Waals surface area contributed by atoms with E-state index >= 15 is 0 Å². The summed E-state index contributed by atoms with van der Waals surface area (Å²) in [6.07, 6.45) is 5.16. The number of rotatable bonds is 4. The third-order valence-corrected chi connectivity index (χ3v) is 4.40. The maximum absolute atomic E-state index is 12.0. The second-order valence-corrected chi connectivity index (χ2v) is 5.97. The summed E-state index contributed by atoms with van der Waals surface area (Å²) in [5.74, 6) is 0.271. The van der Waals surface area contributed by atoms with Crippen LogP contribution in [-0.2, 0) is 0 Å². The van der Waals surface area contributed by atoms with Crippen molar-refractivity contribution in [1.82, 2.24) is 4.90 Å². The molecular formula is C13H19NOS. The fourth-order valence-electron chi connectivity index (χ4n) is 2.36. The summed E-state index contributed by atoms with van der Waals surface area (Å²) in [4.78, 5) is 16.3. The van der Waals surface area contributed by atoms with Crippen LogP contribution in [0.15, 0.2) is 12.1 Å². The number of nitrogens with zero attached hydrogens (tertiary/aromatic N) is 1. The van der Waals surface area contributed by atoms with Gasteiger partial charge in [0.15, 0.2) is 5.78 Å². The van der Waals surface area contributed by atoms with Gasteiger partial charge < -0.3 is 0 Å². The molecule has 0 atom stereocenters. The summed E-state index contributed by atoms with van der Waals surface area (Å²) in [7, 11) is 2.08. The predicted octanol–water partition coefficient (Wildman–Crippen LogP) is 3.11. The SMILES string of the molecule is Cc1ccc(C(=O)CN(C)C2CCCC2)s1. The van der Waals surface area contributed by atoms with Crippen LogP contribution < -0.4 is 0 Å². The number of ketones is 1. The third-order valence-electron chi connectivity index (χ3n) is 3.36. The Morgan fingerprint density at radius 2 is 2.12 bits per heavy atom. The van der Waals surface area contributed by atoms with Crippen LogP contribution >= 0.6 is 11.3 Å². The predicted molar refractivity (Wildman–Crippen MR) is 68.3 cm³/mol. The normalized spacial score (nSPS) is 17.2. The van der Waals surface area contributed by atoms with Gasteiger partial charge in [0.2, 0.25) is 0 Å². The second-order valence-electron chi connectivity index (χ2n) is 4.69. The van der Waals surface area contributed by atoms with Crippen molar-refractivity contribution in [3.05, 3.63) is 21.9 Å². The molecule has 2 rings (SSSR count). The van der Waals surface area contributed by atoms with Gasteiger partial charge in [0, 0.05) is 10.9 Å². The number of carbonyl (C=O) groups is 1. The highest BCUT2D eigenvalue weighted by molar-refractivity contribution is 7.14. The quantitative estimate of drug-likeness (QED) is 0.750. The molecule has 0 unspecified atom stereocenters. The van der Waals surface area contributed by atoms with Gasteiger partial charge in [-0.15, -0.1) is 11.3 Å². The topological polar surface area (TPSA) is 20.3 Å². The summed E-state index contributed by atoms with van der Waals surface area (Å²) in [5.41, 5.74) is 0. The molecule has 3 heteroatoms. The lowest BCUT2D eigenvalue weighted by Crippen LogP contribution is -2.33. The Morgan fingerprint density at radius 1 is 1.44 bits per heavy atom. The standard InChI is InChI=1S/C13H19NOS/c1-10-7-8-13(16-10)12(15)9-14(2)11-5-3-4-6-11/h7-8,11H,3-6,9H2,1-2H3. The first-order valence-electron chi connectivity index (χ1n) is 5.96. The van der Waals surface area contributed by atoms with Crippen molar-refractivity contribution in [1.29, 1.82) is 0 Å². The van der Waals surface area contributed by atoms with Gasteiger partial charge in [0.1, 0.15) is 0 Å². The first-order chi connectivity index (χ1) is 7.66. The number of Topliss-reactive ketones (excluding diaryl/α,β-unsaturated/α-hetero) is 1. The van der Waals surface area contributed by atoms with Crippen molar-refractivity contribution >= 4 is 17.1 Å². The average Bonchev–Trinajstić information content (AvgIpc) is 2.87. The maximum atomic E-state index is 12.0. The summed E-state index contributed by atoms with van der Waals surface area (Å²) < 4.78 is 0. The van der Waals surface area contributed by atoms with E-state index in [1.165, 1.54) is 30.6 Å². The zero-order valence-electron chi connectivity index (χ0n) is 10.0. The fraction of sp³-hybridized carbons (Fsp3) is 0.615. The van der Waals surface area contributed by atoms with Crippen molar-refractivity contribution in [2.24, 2.45) is 0 Å². The van der Waals surface area contributed by atoms with Crippen LogP contribution in [0.2, 0.25) is 0 Å². The molecule has 0 bridgehead atoms. The highest BCUT2D eigenvalue weighted by Crippen LogP contribution is 2.23. The van der Waals surface area contributed by atoms with Gasteiger partial charge in [-0.05, 0) is 38.9 Å². The lowest BCUT2D eigenvalue weighted by molar-refractivity contribution is 0.0925. The van der Waals surface area contributed by atoms with Crippen LogP contribution in [-0.4, -0.2) is 30.3 Å². The highest BCUT2D eigenvalue weighted by atomic mass is 32.1. The van der Waals surface area contributed by atoms with Crippen molar-refractivity contribution in [2.75, 3.05) is 13.6 Å². The minimum absolute atomic E-state index is 0.271. The van der Waals surface area contributed by atoms with E-state index in [0.29, 0.717) is 12.6 Å². The number of hydrogen-bond donors (Lipinski definition) is 0. The Morgan fingerprint density at radius 3 is 2.69 bits per heavy atom. The van der Waals surface area contributed by atoms with Crippen LogP contribution in [0.25, 0.3) is 0 Å². The van der Waals surface area contributed by atoms with E-state index in [2.05, 4.69) is 11.9 Å². The van der Waals surface area contributed by atoms with Crippen LogP contribution in [0.3, 0.4) is 0 Å². The lowest BCUT2D eigenvalue weighted by atomic mass is 10.2. The van der Waals surface area contributed by atoms with Crippen molar-refractivity contribution < 1.29 is 4.79 Å². The van der Waals surface area contributed by atoms with E-state index in [1.54, 1.807) is 11.3 Å². The average molecular weight is 237 g/mol. The number of aryl methyl sites for hydroxylation is 1. The first-order valence-corrected chi connectivity index (χ1v) is 6.78. The molecule has 0 spiro atoms. The first kappa shape index (κ1) is 11.8. The van der Waals surface area contributed by atoms with E-state index < -0.39 is 0 Å². The molecular weight excluding hydrogens is 218 g/mol. The minimum atomic E-state index is 0.271. The Labute approximate surface area is 101 Å². The molecule has 0 radical (unpaired) electrons. The number of thiophene rings is 1. The summed E-state index contributed by atoms with van der Waals surface area (Å²) in [6, 6.07) is 4.60. The molecule has 16 heavy (non-hydrogen) atoms. The fourth-order valence-corrected chi connectivity index (χ4v) is 3.16. The van der Waals surface area contributed by atoms with Gasteiger partial charge in [0.25, 0.3) is 0 Å². The summed E-state index contributed by atoms with van der Waals surface area (Å²) in [5, 5.41) is 0. The Hall–Kier alpha value is -0.670. The van der Waals surface area contributed by atoms with E-state index in [-0.39, 0.29) is 5.78 Å². The summed E-state index contributed by atoms with van der Waals surface area (Å²) >= 11 is 1.60. The molecule has 1 aromatic heterocycles. The zero-order valence-corrected chi connectivity index (χ0v) is 10.8. The van der Waals surface area contributed by atoms with Crippen LogP contribution in [0, 0.1) is 6.92 Å². The van der Waals surface area contributed by atoms with Crippen LogP contribution in [0.1, 0.15) is 40.2 Å². The van der Waals surface area contributed by atoms with Crippen molar-refractivity contribution in [3.8, 4) is 0 Å². The molecule has 0 aromatic carbocycles. The Kier molecular flexibility index (Phi) is 3.77. The zero-order chi connectivity index (χ0) is 11.5. The molecule has 1 aromatic rings. The molecule has 1 fully saturated rings. The van der Waals surface area contributed by atoms with E-state index in [9.17, 15) is 4.79 Å². The van der Waals surface area contributed by atoms with Gasteiger partial charge >= 0.3 is 0 Å². The van der Waals surface area contributed by atoms with Gasteiger partial charge in [-0.25, -0.2) is 0 Å². The molecule has 0 aliphatic heterocycles. The van der Waals surface area contributed by atoms with Gasteiger partial charge in [-0.3, -0.25) is 9.69 Å². The summed E-state index contributed by atoms with van der Waals surface area (Å²) in [6.45, 7) is 2.62. The molecule has 0 amide bonds. The van der Waals surface area contributed by atoms with Crippen LogP contribution in [0.4, 0.5) is 0 Å². The van der Waals surface area contributed by atoms with Gasteiger partial charge in [0.05, 0.1) is 11.4 Å². The monoisotopic (exact) mass is 237 g/mol. The molecule has 0 saturated heterocycles. The molecule has 2 nitrogen and oxygen atoms in total. The second kappa shape index (κ2) is 5.11. The largest absolute Gasteiger partial charge is 0.296 e. The van der Waals surface area contributed by atoms with Crippen LogP contribution in [0.5, 0.6) is 0 Å². The number of carbonyl (C=O) groups excluding carboxylic acids is 1. The molecule has 1 heterocycles. The highest BCUT2D eigenvalue weighted by Gasteiger charge is 2.21. The molecule has 1 aliphatic carbocycles. The van der Waals surface area contributed by atoms with Gasteiger partial charge in [-0.2, -0.15) is 0 Å². The number of hydrogen-bond acceptors (Lipinski definition) is 3. The minimum Gasteiger partial charge on any atom is -0.296 e. The van der Waals surface area contributed by atoms with E-state index in [1.807, 2.05) is 19.1 Å². The van der Waals surface area contributed by atoms with E-state index in [0.717, 1.165) is 4.88 Å². The smallest absolute Gasteiger partial charge is 0.186 e. The van der Waals surface area contributed by atoms with Gasteiger partial charge in [-0.1, -0.05) is 12.8 Å². The third kappa shape index (κ3) is 2.71.